The predicted octanol–water partition coefficient (Wildman–Crippen LogP) is 6.06. The van der Waals surface area contributed by atoms with E-state index in [1.807, 2.05) is 81.4 Å². The number of benzene rings is 3. The Bertz CT molecular complexity index is 1630. The monoisotopic (exact) mass is 582 g/mol. The number of phenolic OH excluding ortho intramolecular Hbond substituents is 1. The number of hydrogen-bond donors (Lipinski definition) is 1. The number of nitro groups is 1. The Kier molecular flexibility index (Phi) is 8.20. The van der Waals surface area contributed by atoms with Crippen molar-refractivity contribution >= 4 is 17.7 Å². The van der Waals surface area contributed by atoms with E-state index in [2.05, 4.69) is 0 Å². The molecule has 10 nitrogen and oxygen atoms in total. The summed E-state index contributed by atoms with van der Waals surface area (Å²) in [6.45, 7) is 6.32. The highest BCUT2D eigenvalue weighted by molar-refractivity contribution is 6.01. The molecule has 222 valence electrons. The van der Waals surface area contributed by atoms with Crippen molar-refractivity contribution in [2.75, 3.05) is 19.6 Å². The van der Waals surface area contributed by atoms with Gasteiger partial charge in [-0.25, -0.2) is 4.79 Å². The SMILES string of the molecule is CC(C)(C)OC(=O)N1CCN(C(=O)c2ccn(-c3cc(O)ccc3[N+](=O)[O-])c2-c2ccccc2)[C@H](Cc2ccccc2)C1. The molecule has 1 aliphatic rings. The minimum absolute atomic E-state index is 0.137. The maximum atomic E-state index is 14.4. The molecule has 1 fully saturated rings. The Morgan fingerprint density at radius 3 is 2.30 bits per heavy atom. The molecule has 1 aliphatic heterocycles. The van der Waals surface area contributed by atoms with Gasteiger partial charge in [-0.1, -0.05) is 60.7 Å². The van der Waals surface area contributed by atoms with Gasteiger partial charge in [-0.15, -0.1) is 0 Å². The molecule has 2 amide bonds. The van der Waals surface area contributed by atoms with E-state index in [9.17, 15) is 24.8 Å². The topological polar surface area (TPSA) is 118 Å². The fraction of sp³-hybridized carbons (Fsp3) is 0.273. The van der Waals surface area contributed by atoms with Gasteiger partial charge in [0.25, 0.3) is 11.6 Å². The summed E-state index contributed by atoms with van der Waals surface area (Å²) in [4.78, 5) is 42.2. The van der Waals surface area contributed by atoms with Crippen molar-refractivity contribution < 1.29 is 24.4 Å². The molecule has 2 heterocycles. The summed E-state index contributed by atoms with van der Waals surface area (Å²) in [6.07, 6.45) is 1.70. The average molecular weight is 583 g/mol. The third kappa shape index (κ3) is 6.53. The molecule has 10 heteroatoms. The Labute approximate surface area is 249 Å². The molecule has 1 aromatic heterocycles. The highest BCUT2D eigenvalue weighted by Crippen LogP contribution is 2.35. The standard InChI is InChI=1S/C33H34N4O6/c1-33(2,3)43-32(40)34-18-19-35(25(22-34)20-23-10-6-4-7-11-23)31(39)27-16-17-36(30(27)24-12-8-5-9-13-24)29-21-26(38)14-15-28(29)37(41)42/h4-17,21,25,38H,18-20,22H2,1-3H3/t25-/m1/s1. The number of carbonyl (C=O) groups excluding carboxylic acids is 2. The summed E-state index contributed by atoms with van der Waals surface area (Å²) in [5.41, 5.74) is 1.80. The van der Waals surface area contributed by atoms with Crippen molar-refractivity contribution in [3.05, 3.63) is 112 Å². The van der Waals surface area contributed by atoms with E-state index in [1.54, 1.807) is 26.6 Å². The number of nitrogens with zero attached hydrogens (tertiary/aromatic N) is 4. The summed E-state index contributed by atoms with van der Waals surface area (Å²) in [5, 5.41) is 22.1. The Hall–Kier alpha value is -5.12. The second kappa shape index (κ2) is 12.0. The first-order chi connectivity index (χ1) is 20.5. The molecular weight excluding hydrogens is 548 g/mol. The molecule has 1 N–H and O–H groups in total. The molecule has 1 atom stereocenters. The lowest BCUT2D eigenvalue weighted by atomic mass is 10.00. The first kappa shape index (κ1) is 29.4. The minimum Gasteiger partial charge on any atom is -0.508 e. The first-order valence-corrected chi connectivity index (χ1v) is 14.1. The van der Waals surface area contributed by atoms with Crippen LogP contribution in [0.25, 0.3) is 16.9 Å². The summed E-state index contributed by atoms with van der Waals surface area (Å²) in [6, 6.07) is 24.1. The van der Waals surface area contributed by atoms with Gasteiger partial charge in [-0.2, -0.15) is 0 Å². The summed E-state index contributed by atoms with van der Waals surface area (Å²) >= 11 is 0. The fourth-order valence-corrected chi connectivity index (χ4v) is 5.39. The smallest absolute Gasteiger partial charge is 0.410 e. The molecule has 0 spiro atoms. The number of phenols is 1. The molecule has 43 heavy (non-hydrogen) atoms. The van der Waals surface area contributed by atoms with Crippen LogP contribution in [-0.2, 0) is 11.2 Å². The maximum Gasteiger partial charge on any atom is 0.410 e. The van der Waals surface area contributed by atoms with Gasteiger partial charge in [0.15, 0.2) is 0 Å². The Morgan fingerprint density at radius 1 is 0.977 bits per heavy atom. The number of amides is 2. The van der Waals surface area contributed by atoms with E-state index in [1.165, 1.54) is 18.2 Å². The molecule has 0 saturated carbocycles. The van der Waals surface area contributed by atoms with Crippen molar-refractivity contribution in [3.8, 4) is 22.7 Å². The van der Waals surface area contributed by atoms with Crippen LogP contribution in [0.1, 0.15) is 36.7 Å². The highest BCUT2D eigenvalue weighted by atomic mass is 16.6. The van der Waals surface area contributed by atoms with Gasteiger partial charge in [0.05, 0.1) is 22.2 Å². The molecular formula is C33H34N4O6. The van der Waals surface area contributed by atoms with Crippen LogP contribution >= 0.6 is 0 Å². The number of carbonyl (C=O) groups is 2. The third-order valence-corrected chi connectivity index (χ3v) is 7.29. The number of aromatic hydroxyl groups is 1. The minimum atomic E-state index is -0.652. The average Bonchev–Trinajstić information content (AvgIpc) is 3.42. The van der Waals surface area contributed by atoms with Gasteiger partial charge in [0.2, 0.25) is 0 Å². The molecule has 1 saturated heterocycles. The Balaban J connectivity index is 1.56. The van der Waals surface area contributed by atoms with E-state index in [0.717, 1.165) is 5.56 Å². The number of piperazine rings is 1. The van der Waals surface area contributed by atoms with Crippen molar-refractivity contribution in [1.82, 2.24) is 14.4 Å². The number of aromatic nitrogens is 1. The van der Waals surface area contributed by atoms with Crippen molar-refractivity contribution in [2.45, 2.75) is 38.8 Å². The van der Waals surface area contributed by atoms with Crippen molar-refractivity contribution in [3.63, 3.8) is 0 Å². The van der Waals surface area contributed by atoms with Gasteiger partial charge in [0, 0.05) is 38.0 Å². The van der Waals surface area contributed by atoms with Gasteiger partial charge in [-0.05, 0) is 50.5 Å². The second-order valence-electron chi connectivity index (χ2n) is 11.5. The quantitative estimate of drug-likeness (QED) is 0.218. The molecule has 0 unspecified atom stereocenters. The molecule has 4 aromatic rings. The van der Waals surface area contributed by atoms with Gasteiger partial charge in [0.1, 0.15) is 17.0 Å². The number of nitro benzene ring substituents is 1. The van der Waals surface area contributed by atoms with E-state index in [-0.39, 0.29) is 42.2 Å². The molecule has 0 radical (unpaired) electrons. The maximum absolute atomic E-state index is 14.4. The van der Waals surface area contributed by atoms with E-state index < -0.39 is 16.6 Å². The lowest BCUT2D eigenvalue weighted by Gasteiger charge is -2.42. The number of ether oxygens (including phenoxy) is 1. The van der Waals surface area contributed by atoms with Gasteiger partial charge in [-0.3, -0.25) is 14.9 Å². The van der Waals surface area contributed by atoms with Crippen LogP contribution in [0.3, 0.4) is 0 Å². The lowest BCUT2D eigenvalue weighted by molar-refractivity contribution is -0.384. The normalized spacial score (nSPS) is 15.3. The number of rotatable bonds is 6. The Morgan fingerprint density at radius 2 is 1.65 bits per heavy atom. The third-order valence-electron chi connectivity index (χ3n) is 7.29. The second-order valence-corrected chi connectivity index (χ2v) is 11.5. The lowest BCUT2D eigenvalue weighted by Crippen LogP contribution is -2.57. The largest absolute Gasteiger partial charge is 0.508 e. The molecule has 0 bridgehead atoms. The summed E-state index contributed by atoms with van der Waals surface area (Å²) in [5.74, 6) is -0.396. The van der Waals surface area contributed by atoms with Crippen LogP contribution in [0.4, 0.5) is 10.5 Å². The predicted molar refractivity (Wildman–Crippen MR) is 162 cm³/mol. The van der Waals surface area contributed by atoms with Crippen LogP contribution in [0.2, 0.25) is 0 Å². The number of hydrogen-bond acceptors (Lipinski definition) is 6. The van der Waals surface area contributed by atoms with Gasteiger partial charge >= 0.3 is 6.09 Å². The van der Waals surface area contributed by atoms with Gasteiger partial charge < -0.3 is 24.2 Å². The van der Waals surface area contributed by atoms with Crippen LogP contribution in [-0.4, -0.2) is 67.7 Å². The highest BCUT2D eigenvalue weighted by Gasteiger charge is 2.36. The fourth-order valence-electron chi connectivity index (χ4n) is 5.39. The zero-order valence-electron chi connectivity index (χ0n) is 24.3. The van der Waals surface area contributed by atoms with Crippen LogP contribution in [0.5, 0.6) is 5.75 Å². The molecule has 0 aliphatic carbocycles. The zero-order valence-corrected chi connectivity index (χ0v) is 24.3. The summed E-state index contributed by atoms with van der Waals surface area (Å²) in [7, 11) is 0. The van der Waals surface area contributed by atoms with Crippen molar-refractivity contribution in [1.29, 1.82) is 0 Å². The zero-order chi connectivity index (χ0) is 30.7. The molecule has 5 rings (SSSR count). The van der Waals surface area contributed by atoms with Crippen molar-refractivity contribution in [2.24, 2.45) is 0 Å². The summed E-state index contributed by atoms with van der Waals surface area (Å²) < 4.78 is 7.20. The van der Waals surface area contributed by atoms with Crippen LogP contribution in [0.15, 0.2) is 91.1 Å². The molecule has 3 aromatic carbocycles. The van der Waals surface area contributed by atoms with Crippen LogP contribution < -0.4 is 0 Å². The van der Waals surface area contributed by atoms with Crippen LogP contribution in [0, 0.1) is 10.1 Å². The van der Waals surface area contributed by atoms with E-state index in [0.29, 0.717) is 29.8 Å². The van der Waals surface area contributed by atoms with E-state index >= 15 is 0 Å². The van der Waals surface area contributed by atoms with E-state index in [4.69, 9.17) is 4.74 Å². The first-order valence-electron chi connectivity index (χ1n) is 14.1.